The molecule has 0 saturated carbocycles. The molecule has 0 radical (unpaired) electrons. The summed E-state index contributed by atoms with van der Waals surface area (Å²) in [6, 6.07) is 8.43. The van der Waals surface area contributed by atoms with Gasteiger partial charge >= 0.3 is 0 Å². The van der Waals surface area contributed by atoms with E-state index in [0.29, 0.717) is 0 Å². The lowest BCUT2D eigenvalue weighted by Crippen LogP contribution is -2.42. The van der Waals surface area contributed by atoms with Gasteiger partial charge in [-0.25, -0.2) is 0 Å². The van der Waals surface area contributed by atoms with Crippen molar-refractivity contribution in [3.63, 3.8) is 0 Å². The molecule has 19 heavy (non-hydrogen) atoms. The molecule has 0 bridgehead atoms. The van der Waals surface area contributed by atoms with Crippen molar-refractivity contribution in [1.29, 1.82) is 0 Å². The maximum Gasteiger partial charge on any atom is 0.0547 e. The summed E-state index contributed by atoms with van der Waals surface area (Å²) in [5.74, 6) is 0. The van der Waals surface area contributed by atoms with Gasteiger partial charge in [0.1, 0.15) is 0 Å². The zero-order valence-corrected chi connectivity index (χ0v) is 13.4. The second-order valence-corrected chi connectivity index (χ2v) is 6.45. The molecule has 0 spiro atoms. The molecule has 2 rings (SSSR count). The van der Waals surface area contributed by atoms with Crippen molar-refractivity contribution in [1.82, 2.24) is 10.2 Å². The minimum absolute atomic E-state index is 0.269. The predicted octanol–water partition coefficient (Wildman–Crippen LogP) is 2.51. The van der Waals surface area contributed by atoms with Gasteiger partial charge < -0.3 is 15.0 Å². The zero-order valence-electron chi connectivity index (χ0n) is 11.8. The average Bonchev–Trinajstić information content (AvgIpc) is 2.81. The van der Waals surface area contributed by atoms with Crippen molar-refractivity contribution < 1.29 is 4.74 Å². The lowest BCUT2D eigenvalue weighted by Gasteiger charge is -2.32. The number of benzene rings is 1. The van der Waals surface area contributed by atoms with Crippen LogP contribution >= 0.6 is 15.9 Å². The second kappa shape index (κ2) is 6.84. The Bertz CT molecular complexity index is 405. The Morgan fingerprint density at radius 1 is 1.42 bits per heavy atom. The molecular formula is C15H23BrN2O. The fourth-order valence-electron chi connectivity index (χ4n) is 2.89. The molecule has 1 unspecified atom stereocenters. The zero-order chi connectivity index (χ0) is 13.7. The Kier molecular flexibility index (Phi) is 5.39. The SMILES string of the molecule is CNCC1(CN(C)Cc2ccccc2Br)CCOC1. The summed E-state index contributed by atoms with van der Waals surface area (Å²) in [6.07, 6.45) is 1.15. The van der Waals surface area contributed by atoms with E-state index in [1.54, 1.807) is 0 Å². The minimum atomic E-state index is 0.269. The van der Waals surface area contributed by atoms with Crippen molar-refractivity contribution in [2.24, 2.45) is 5.41 Å². The standard InChI is InChI=1S/C15H23BrN2O/c1-17-10-15(7-8-19-12-15)11-18(2)9-13-5-3-4-6-14(13)16/h3-6,17H,7-12H2,1-2H3. The molecule has 1 fully saturated rings. The first-order valence-corrected chi connectivity index (χ1v) is 7.59. The highest BCUT2D eigenvalue weighted by atomic mass is 79.9. The molecule has 1 aliphatic heterocycles. The molecule has 1 heterocycles. The lowest BCUT2D eigenvalue weighted by molar-refractivity contribution is 0.118. The van der Waals surface area contributed by atoms with Crippen molar-refractivity contribution in [3.8, 4) is 0 Å². The normalized spacial score (nSPS) is 23.2. The van der Waals surface area contributed by atoms with E-state index in [0.717, 1.165) is 39.3 Å². The summed E-state index contributed by atoms with van der Waals surface area (Å²) in [5.41, 5.74) is 1.61. The van der Waals surface area contributed by atoms with Gasteiger partial charge in [0.2, 0.25) is 0 Å². The third-order valence-corrected chi connectivity index (χ3v) is 4.51. The van der Waals surface area contributed by atoms with Gasteiger partial charge in [-0.3, -0.25) is 0 Å². The van der Waals surface area contributed by atoms with Crippen LogP contribution in [0.25, 0.3) is 0 Å². The third kappa shape index (κ3) is 4.02. The smallest absolute Gasteiger partial charge is 0.0547 e. The van der Waals surface area contributed by atoms with Gasteiger partial charge in [0.05, 0.1) is 6.61 Å². The molecule has 1 aromatic carbocycles. The van der Waals surface area contributed by atoms with E-state index in [-0.39, 0.29) is 5.41 Å². The molecular weight excluding hydrogens is 304 g/mol. The third-order valence-electron chi connectivity index (χ3n) is 3.74. The van der Waals surface area contributed by atoms with Crippen LogP contribution in [-0.4, -0.2) is 45.3 Å². The van der Waals surface area contributed by atoms with E-state index in [1.807, 2.05) is 7.05 Å². The molecule has 0 aromatic heterocycles. The van der Waals surface area contributed by atoms with E-state index < -0.39 is 0 Å². The fourth-order valence-corrected chi connectivity index (χ4v) is 3.30. The van der Waals surface area contributed by atoms with Crippen LogP contribution in [0.2, 0.25) is 0 Å². The van der Waals surface area contributed by atoms with E-state index in [4.69, 9.17) is 4.74 Å². The summed E-state index contributed by atoms with van der Waals surface area (Å²) < 4.78 is 6.80. The lowest BCUT2D eigenvalue weighted by atomic mass is 9.86. The van der Waals surface area contributed by atoms with Crippen LogP contribution in [0.1, 0.15) is 12.0 Å². The first kappa shape index (κ1) is 15.0. The molecule has 1 aromatic rings. The van der Waals surface area contributed by atoms with Gasteiger partial charge in [-0.1, -0.05) is 34.1 Å². The second-order valence-electron chi connectivity index (χ2n) is 5.60. The number of ether oxygens (including phenoxy) is 1. The van der Waals surface area contributed by atoms with Crippen molar-refractivity contribution in [2.45, 2.75) is 13.0 Å². The Balaban J connectivity index is 1.96. The van der Waals surface area contributed by atoms with Crippen LogP contribution in [-0.2, 0) is 11.3 Å². The molecule has 3 nitrogen and oxygen atoms in total. The first-order chi connectivity index (χ1) is 9.15. The number of hydrogen-bond donors (Lipinski definition) is 1. The molecule has 106 valence electrons. The number of rotatable bonds is 6. The Hall–Kier alpha value is -0.420. The summed E-state index contributed by atoms with van der Waals surface area (Å²) in [5, 5.41) is 3.32. The Labute approximate surface area is 124 Å². The molecule has 0 aliphatic carbocycles. The highest BCUT2D eigenvalue weighted by molar-refractivity contribution is 9.10. The van der Waals surface area contributed by atoms with E-state index in [2.05, 4.69) is 57.5 Å². The monoisotopic (exact) mass is 326 g/mol. The highest BCUT2D eigenvalue weighted by Crippen LogP contribution is 2.29. The van der Waals surface area contributed by atoms with Crippen LogP contribution in [0.3, 0.4) is 0 Å². The summed E-state index contributed by atoms with van der Waals surface area (Å²) in [6.45, 7) is 4.81. The van der Waals surface area contributed by atoms with E-state index in [9.17, 15) is 0 Å². The van der Waals surface area contributed by atoms with E-state index >= 15 is 0 Å². The van der Waals surface area contributed by atoms with Crippen LogP contribution in [0.15, 0.2) is 28.7 Å². The van der Waals surface area contributed by atoms with Gasteiger partial charge in [-0.2, -0.15) is 0 Å². The maximum atomic E-state index is 5.61. The van der Waals surface area contributed by atoms with Crippen LogP contribution in [0.5, 0.6) is 0 Å². The first-order valence-electron chi connectivity index (χ1n) is 6.79. The van der Waals surface area contributed by atoms with Gasteiger partial charge in [0.25, 0.3) is 0 Å². The molecule has 1 N–H and O–H groups in total. The molecule has 1 aliphatic rings. The van der Waals surface area contributed by atoms with Crippen molar-refractivity contribution >= 4 is 15.9 Å². The van der Waals surface area contributed by atoms with Gasteiger partial charge in [0, 0.05) is 36.1 Å². The summed E-state index contributed by atoms with van der Waals surface area (Å²) in [7, 11) is 4.21. The van der Waals surface area contributed by atoms with Gasteiger partial charge in [-0.15, -0.1) is 0 Å². The van der Waals surface area contributed by atoms with E-state index in [1.165, 1.54) is 10.0 Å². The number of halogens is 1. The molecule has 0 amide bonds. The van der Waals surface area contributed by atoms with Crippen LogP contribution in [0, 0.1) is 5.41 Å². The Morgan fingerprint density at radius 2 is 2.21 bits per heavy atom. The Morgan fingerprint density at radius 3 is 2.84 bits per heavy atom. The molecule has 1 atom stereocenters. The molecule has 4 heteroatoms. The van der Waals surface area contributed by atoms with Gasteiger partial charge in [-0.05, 0) is 32.1 Å². The number of nitrogens with one attached hydrogen (secondary N) is 1. The summed E-state index contributed by atoms with van der Waals surface area (Å²) in [4.78, 5) is 2.39. The van der Waals surface area contributed by atoms with Crippen molar-refractivity contribution in [3.05, 3.63) is 34.3 Å². The van der Waals surface area contributed by atoms with Gasteiger partial charge in [0.15, 0.2) is 0 Å². The summed E-state index contributed by atoms with van der Waals surface area (Å²) >= 11 is 3.62. The largest absolute Gasteiger partial charge is 0.381 e. The molecule has 1 saturated heterocycles. The number of nitrogens with zero attached hydrogens (tertiary/aromatic N) is 1. The maximum absolute atomic E-state index is 5.61. The van der Waals surface area contributed by atoms with Crippen LogP contribution < -0.4 is 5.32 Å². The minimum Gasteiger partial charge on any atom is -0.381 e. The van der Waals surface area contributed by atoms with Crippen molar-refractivity contribution in [2.75, 3.05) is 40.4 Å². The topological polar surface area (TPSA) is 24.5 Å². The number of hydrogen-bond acceptors (Lipinski definition) is 3. The van der Waals surface area contributed by atoms with Crippen LogP contribution in [0.4, 0.5) is 0 Å². The predicted molar refractivity (Wildman–Crippen MR) is 82.3 cm³/mol. The quantitative estimate of drug-likeness (QED) is 0.869. The average molecular weight is 327 g/mol. The highest BCUT2D eigenvalue weighted by Gasteiger charge is 2.35. The fraction of sp³-hybridized carbons (Fsp3) is 0.600.